The van der Waals surface area contributed by atoms with Crippen molar-refractivity contribution < 1.29 is 9.21 Å². The number of aliphatic imine (C=N–C) groups is 1. The second-order valence-electron chi connectivity index (χ2n) is 8.67. The maximum absolute atomic E-state index is 11.9. The van der Waals surface area contributed by atoms with E-state index in [1.807, 2.05) is 11.0 Å². The molecule has 2 saturated heterocycles. The largest absolute Gasteiger partial charge is 0.468 e. The number of halogens is 1. The van der Waals surface area contributed by atoms with Crippen LogP contribution < -0.4 is 10.6 Å². The number of guanidine groups is 1. The first kappa shape index (κ1) is 25.6. The van der Waals surface area contributed by atoms with Gasteiger partial charge in [0.1, 0.15) is 5.76 Å². The van der Waals surface area contributed by atoms with Crippen LogP contribution in [-0.4, -0.2) is 54.9 Å². The van der Waals surface area contributed by atoms with Crippen LogP contribution in [0.25, 0.3) is 0 Å². The van der Waals surface area contributed by atoms with Crippen LogP contribution in [0.2, 0.25) is 0 Å². The summed E-state index contributed by atoms with van der Waals surface area (Å²) in [6, 6.07) is 12.7. The summed E-state index contributed by atoms with van der Waals surface area (Å²) in [6.07, 6.45) is 7.19. The Bertz CT molecular complexity index is 896. The smallest absolute Gasteiger partial charge is 0.222 e. The van der Waals surface area contributed by atoms with Crippen LogP contribution in [0.4, 0.5) is 0 Å². The fourth-order valence-corrected chi connectivity index (χ4v) is 4.65. The highest BCUT2D eigenvalue weighted by atomic mass is 127. The van der Waals surface area contributed by atoms with Crippen molar-refractivity contribution in [1.29, 1.82) is 0 Å². The molecule has 8 heteroatoms. The van der Waals surface area contributed by atoms with Gasteiger partial charge in [-0.3, -0.25) is 14.7 Å². The Hall–Kier alpha value is -2.07. The third-order valence-corrected chi connectivity index (χ3v) is 6.39. The molecular weight excluding hydrogens is 529 g/mol. The molecule has 2 N–H and O–H groups in total. The Morgan fingerprint density at radius 1 is 1.06 bits per heavy atom. The topological polar surface area (TPSA) is 73.1 Å². The van der Waals surface area contributed by atoms with E-state index in [1.165, 1.54) is 30.4 Å². The van der Waals surface area contributed by atoms with Gasteiger partial charge in [0.2, 0.25) is 5.91 Å². The highest BCUT2D eigenvalue weighted by molar-refractivity contribution is 14.0. The first-order valence-corrected chi connectivity index (χ1v) is 11.8. The lowest BCUT2D eigenvalue weighted by atomic mass is 10.1. The molecule has 1 aromatic carbocycles. The molecule has 1 unspecified atom stereocenters. The number of furan rings is 1. The van der Waals surface area contributed by atoms with Gasteiger partial charge in [-0.15, -0.1) is 24.0 Å². The van der Waals surface area contributed by atoms with Gasteiger partial charge in [0, 0.05) is 39.6 Å². The summed E-state index contributed by atoms with van der Waals surface area (Å²) in [5.74, 6) is 2.04. The molecule has 4 rings (SSSR count). The quantitative estimate of drug-likeness (QED) is 0.289. The summed E-state index contributed by atoms with van der Waals surface area (Å²) in [5, 5.41) is 6.92. The SMILES string of the molecule is CN=C(NCc1cccc(CN2CCCC2=O)c1)NCC(c1ccco1)N1CCCCC1.I. The molecule has 0 aliphatic carbocycles. The minimum atomic E-state index is 0. The molecule has 33 heavy (non-hydrogen) atoms. The number of benzene rings is 1. The number of nitrogens with one attached hydrogen (secondary N) is 2. The zero-order valence-electron chi connectivity index (χ0n) is 19.5. The Balaban J connectivity index is 0.00000306. The van der Waals surface area contributed by atoms with Gasteiger partial charge < -0.3 is 20.0 Å². The predicted octanol–water partition coefficient (Wildman–Crippen LogP) is 3.91. The van der Waals surface area contributed by atoms with Gasteiger partial charge in [0.15, 0.2) is 5.96 Å². The Morgan fingerprint density at radius 2 is 1.88 bits per heavy atom. The van der Waals surface area contributed by atoms with E-state index in [2.05, 4.69) is 50.9 Å². The van der Waals surface area contributed by atoms with Gasteiger partial charge in [0.05, 0.1) is 12.3 Å². The molecule has 0 saturated carbocycles. The first-order chi connectivity index (χ1) is 15.7. The average molecular weight is 566 g/mol. The molecule has 0 radical (unpaired) electrons. The van der Waals surface area contributed by atoms with Crippen molar-refractivity contribution in [2.75, 3.05) is 33.2 Å². The molecule has 7 nitrogen and oxygen atoms in total. The van der Waals surface area contributed by atoms with E-state index < -0.39 is 0 Å². The monoisotopic (exact) mass is 565 g/mol. The number of carbonyl (C=O) groups excluding carboxylic acids is 1. The number of likely N-dealkylation sites (tertiary alicyclic amines) is 2. The van der Waals surface area contributed by atoms with Gasteiger partial charge >= 0.3 is 0 Å². The van der Waals surface area contributed by atoms with E-state index in [1.54, 1.807) is 13.3 Å². The van der Waals surface area contributed by atoms with Crippen LogP contribution in [0.3, 0.4) is 0 Å². The number of amides is 1. The van der Waals surface area contributed by atoms with Crippen LogP contribution >= 0.6 is 24.0 Å². The number of hydrogen-bond acceptors (Lipinski definition) is 4. The van der Waals surface area contributed by atoms with E-state index in [0.717, 1.165) is 44.3 Å². The third kappa shape index (κ3) is 7.20. The Kier molecular flexibility index (Phi) is 10.1. The van der Waals surface area contributed by atoms with Gasteiger partial charge in [0.25, 0.3) is 0 Å². The normalized spacial score (nSPS) is 18.2. The Labute approximate surface area is 214 Å². The zero-order valence-corrected chi connectivity index (χ0v) is 21.8. The van der Waals surface area contributed by atoms with Crippen LogP contribution in [0, 0.1) is 0 Å². The maximum atomic E-state index is 11.9. The standard InChI is InChI=1S/C25H35N5O2.HI/c1-26-25(28-18-22(23-10-7-15-32-23)29-12-3-2-4-13-29)27-17-20-8-5-9-21(16-20)19-30-14-6-11-24(30)31;/h5,7-10,15-16,22H,2-4,6,11-14,17-19H2,1H3,(H2,26,27,28);1H. The number of piperidine rings is 1. The second-order valence-corrected chi connectivity index (χ2v) is 8.67. The molecule has 2 aliphatic heterocycles. The van der Waals surface area contributed by atoms with E-state index >= 15 is 0 Å². The summed E-state index contributed by atoms with van der Waals surface area (Å²) in [4.78, 5) is 20.8. The fourth-order valence-electron chi connectivity index (χ4n) is 4.65. The number of carbonyl (C=O) groups is 1. The highest BCUT2D eigenvalue weighted by Crippen LogP contribution is 2.24. The van der Waals surface area contributed by atoms with Gasteiger partial charge in [-0.1, -0.05) is 30.7 Å². The third-order valence-electron chi connectivity index (χ3n) is 6.39. The van der Waals surface area contributed by atoms with E-state index in [-0.39, 0.29) is 35.9 Å². The predicted molar refractivity (Wildman–Crippen MR) is 142 cm³/mol. The van der Waals surface area contributed by atoms with Crippen LogP contribution in [0.15, 0.2) is 52.1 Å². The molecule has 180 valence electrons. The molecule has 3 heterocycles. The number of nitrogens with zero attached hydrogens (tertiary/aromatic N) is 3. The van der Waals surface area contributed by atoms with Gasteiger partial charge in [-0.05, 0) is 55.6 Å². The molecule has 1 aromatic heterocycles. The van der Waals surface area contributed by atoms with Crippen molar-refractivity contribution in [1.82, 2.24) is 20.4 Å². The lowest BCUT2D eigenvalue weighted by Gasteiger charge is -2.33. The van der Waals surface area contributed by atoms with Crippen molar-refractivity contribution in [3.05, 3.63) is 59.5 Å². The molecule has 0 bridgehead atoms. The Morgan fingerprint density at radius 3 is 2.58 bits per heavy atom. The maximum Gasteiger partial charge on any atom is 0.222 e. The summed E-state index contributed by atoms with van der Waals surface area (Å²) < 4.78 is 5.75. The van der Waals surface area contributed by atoms with Crippen molar-refractivity contribution >= 4 is 35.8 Å². The van der Waals surface area contributed by atoms with Crippen molar-refractivity contribution in [3.63, 3.8) is 0 Å². The minimum absolute atomic E-state index is 0. The summed E-state index contributed by atoms with van der Waals surface area (Å²) in [6.45, 7) is 5.18. The highest BCUT2D eigenvalue weighted by Gasteiger charge is 2.24. The summed E-state index contributed by atoms with van der Waals surface area (Å²) in [7, 11) is 1.80. The molecule has 1 amide bonds. The number of rotatable bonds is 8. The van der Waals surface area contributed by atoms with E-state index in [0.29, 0.717) is 19.5 Å². The van der Waals surface area contributed by atoms with Crippen LogP contribution in [-0.2, 0) is 17.9 Å². The summed E-state index contributed by atoms with van der Waals surface area (Å²) in [5.41, 5.74) is 2.35. The van der Waals surface area contributed by atoms with Crippen molar-refractivity contribution in [2.45, 2.75) is 51.2 Å². The first-order valence-electron chi connectivity index (χ1n) is 11.8. The van der Waals surface area contributed by atoms with Gasteiger partial charge in [-0.25, -0.2) is 0 Å². The molecule has 0 spiro atoms. The summed E-state index contributed by atoms with van der Waals surface area (Å²) >= 11 is 0. The van der Waals surface area contributed by atoms with E-state index in [9.17, 15) is 4.79 Å². The minimum Gasteiger partial charge on any atom is -0.468 e. The van der Waals surface area contributed by atoms with Crippen molar-refractivity contribution in [3.8, 4) is 0 Å². The lowest BCUT2D eigenvalue weighted by Crippen LogP contribution is -2.44. The zero-order chi connectivity index (χ0) is 22.2. The van der Waals surface area contributed by atoms with Crippen LogP contribution in [0.1, 0.15) is 55.0 Å². The molecule has 2 aromatic rings. The molecular formula is C25H36IN5O2. The van der Waals surface area contributed by atoms with Gasteiger partial charge in [-0.2, -0.15) is 0 Å². The average Bonchev–Trinajstić information content (AvgIpc) is 3.49. The molecule has 2 fully saturated rings. The molecule has 1 atom stereocenters. The van der Waals surface area contributed by atoms with Crippen LogP contribution in [0.5, 0.6) is 0 Å². The fraction of sp³-hybridized carbons (Fsp3) is 0.520. The number of hydrogen-bond donors (Lipinski definition) is 2. The van der Waals surface area contributed by atoms with E-state index in [4.69, 9.17) is 4.42 Å². The molecule has 2 aliphatic rings. The van der Waals surface area contributed by atoms with Crippen molar-refractivity contribution in [2.24, 2.45) is 4.99 Å². The lowest BCUT2D eigenvalue weighted by molar-refractivity contribution is -0.128. The second kappa shape index (κ2) is 13.0.